The van der Waals surface area contributed by atoms with Crippen LogP contribution in [0.15, 0.2) is 41.1 Å². The van der Waals surface area contributed by atoms with Crippen molar-refractivity contribution in [2.24, 2.45) is 0 Å². The summed E-state index contributed by atoms with van der Waals surface area (Å²) in [6.45, 7) is 3.97. The first kappa shape index (κ1) is 13.5. The van der Waals surface area contributed by atoms with E-state index in [9.17, 15) is 4.79 Å². The van der Waals surface area contributed by atoms with Crippen LogP contribution in [0.5, 0.6) is 0 Å². The van der Waals surface area contributed by atoms with E-state index in [-0.39, 0.29) is 5.91 Å². The first-order chi connectivity index (χ1) is 10.8. The Morgan fingerprint density at radius 2 is 2.05 bits per heavy atom. The Balaban J connectivity index is 1.57. The standard InChI is InChI=1S/C17H19N3O2/c21-17(20-10-9-19-7-4-14(20)5-8-19)16-11-13(12-22-16)15-3-1-2-6-18-15/h1-3,6,11-12,14H,4-5,7-10H2. The summed E-state index contributed by atoms with van der Waals surface area (Å²) in [4.78, 5) is 21.5. The summed E-state index contributed by atoms with van der Waals surface area (Å²) in [7, 11) is 0. The largest absolute Gasteiger partial charge is 0.458 e. The van der Waals surface area contributed by atoms with Gasteiger partial charge in [0.25, 0.3) is 5.91 Å². The summed E-state index contributed by atoms with van der Waals surface area (Å²) < 4.78 is 5.54. The predicted molar refractivity (Wildman–Crippen MR) is 82.4 cm³/mol. The van der Waals surface area contributed by atoms with Crippen LogP contribution in [-0.4, -0.2) is 52.9 Å². The van der Waals surface area contributed by atoms with Crippen molar-refractivity contribution in [2.45, 2.75) is 18.9 Å². The van der Waals surface area contributed by atoms with Gasteiger partial charge in [-0.15, -0.1) is 0 Å². The Bertz CT molecular complexity index is 660. The van der Waals surface area contributed by atoms with Crippen LogP contribution in [0, 0.1) is 0 Å². The van der Waals surface area contributed by atoms with Crippen molar-refractivity contribution in [2.75, 3.05) is 26.2 Å². The van der Waals surface area contributed by atoms with Crippen molar-refractivity contribution in [3.05, 3.63) is 42.5 Å². The molecule has 1 amide bonds. The van der Waals surface area contributed by atoms with Crippen molar-refractivity contribution in [3.63, 3.8) is 0 Å². The summed E-state index contributed by atoms with van der Waals surface area (Å²) in [6, 6.07) is 7.88. The van der Waals surface area contributed by atoms with Gasteiger partial charge in [0.2, 0.25) is 0 Å². The SMILES string of the molecule is O=C(c1cc(-c2ccccn2)co1)N1CCN2CCC1CC2. The van der Waals surface area contributed by atoms with Gasteiger partial charge in [0.15, 0.2) is 5.76 Å². The van der Waals surface area contributed by atoms with Crippen molar-refractivity contribution in [3.8, 4) is 11.3 Å². The molecule has 0 aliphatic carbocycles. The van der Waals surface area contributed by atoms with Crippen LogP contribution in [-0.2, 0) is 0 Å². The Kier molecular flexibility index (Phi) is 3.42. The molecule has 3 aliphatic rings. The van der Waals surface area contributed by atoms with E-state index in [0.717, 1.165) is 50.3 Å². The maximum atomic E-state index is 12.8. The second-order valence-corrected chi connectivity index (χ2v) is 5.99. The first-order valence-corrected chi connectivity index (χ1v) is 7.84. The number of nitrogens with zero attached hydrogens (tertiary/aromatic N) is 3. The number of aromatic nitrogens is 1. The van der Waals surface area contributed by atoms with Crippen molar-refractivity contribution in [1.82, 2.24) is 14.8 Å². The molecule has 5 heterocycles. The van der Waals surface area contributed by atoms with E-state index in [0.29, 0.717) is 11.8 Å². The topological polar surface area (TPSA) is 49.6 Å². The minimum Gasteiger partial charge on any atom is -0.458 e. The molecule has 2 aromatic heterocycles. The predicted octanol–water partition coefficient (Wildman–Crippen LogP) is 2.26. The normalized spacial score (nSPS) is 24.3. The molecule has 3 saturated heterocycles. The Morgan fingerprint density at radius 3 is 2.82 bits per heavy atom. The molecule has 114 valence electrons. The molecular formula is C17H19N3O2. The average molecular weight is 297 g/mol. The Hall–Kier alpha value is -2.14. The van der Waals surface area contributed by atoms with Crippen LogP contribution in [0.4, 0.5) is 0 Å². The highest BCUT2D eigenvalue weighted by molar-refractivity contribution is 5.93. The Morgan fingerprint density at radius 1 is 1.18 bits per heavy atom. The van der Waals surface area contributed by atoms with Crippen molar-refractivity contribution < 1.29 is 9.21 Å². The van der Waals surface area contributed by atoms with E-state index in [1.54, 1.807) is 12.5 Å². The van der Waals surface area contributed by atoms with Crippen LogP contribution < -0.4 is 0 Å². The molecule has 0 unspecified atom stereocenters. The van der Waals surface area contributed by atoms with Crippen LogP contribution in [0.25, 0.3) is 11.3 Å². The lowest BCUT2D eigenvalue weighted by atomic mass is 10.0. The minimum atomic E-state index is 0.0101. The highest BCUT2D eigenvalue weighted by Crippen LogP contribution is 2.25. The highest BCUT2D eigenvalue weighted by Gasteiger charge is 2.33. The van der Waals surface area contributed by atoms with Crippen LogP contribution in [0.3, 0.4) is 0 Å². The maximum Gasteiger partial charge on any atom is 0.289 e. The molecule has 22 heavy (non-hydrogen) atoms. The van der Waals surface area contributed by atoms with E-state index >= 15 is 0 Å². The molecule has 2 aromatic rings. The van der Waals surface area contributed by atoms with Crippen LogP contribution in [0.2, 0.25) is 0 Å². The molecule has 5 rings (SSSR count). The third kappa shape index (κ3) is 2.41. The van der Waals surface area contributed by atoms with Gasteiger partial charge in [-0.2, -0.15) is 0 Å². The maximum absolute atomic E-state index is 12.8. The number of hydrogen-bond acceptors (Lipinski definition) is 4. The van der Waals surface area contributed by atoms with Crippen molar-refractivity contribution >= 4 is 5.91 Å². The molecular weight excluding hydrogens is 278 g/mol. The van der Waals surface area contributed by atoms with Gasteiger partial charge < -0.3 is 14.2 Å². The molecule has 5 heteroatoms. The van der Waals surface area contributed by atoms with E-state index in [2.05, 4.69) is 9.88 Å². The number of furan rings is 1. The van der Waals surface area contributed by atoms with Gasteiger partial charge in [-0.3, -0.25) is 9.78 Å². The van der Waals surface area contributed by atoms with Gasteiger partial charge in [-0.05, 0) is 31.0 Å². The fraction of sp³-hybridized carbons (Fsp3) is 0.412. The van der Waals surface area contributed by atoms with Crippen molar-refractivity contribution in [1.29, 1.82) is 0 Å². The lowest BCUT2D eigenvalue weighted by molar-refractivity contribution is 0.0652. The van der Waals surface area contributed by atoms with Crippen LogP contribution >= 0.6 is 0 Å². The van der Waals surface area contributed by atoms with Gasteiger partial charge in [-0.1, -0.05) is 6.07 Å². The third-order valence-electron chi connectivity index (χ3n) is 4.69. The monoisotopic (exact) mass is 297 g/mol. The number of amides is 1. The minimum absolute atomic E-state index is 0.0101. The molecule has 0 N–H and O–H groups in total. The molecule has 3 fully saturated rings. The smallest absolute Gasteiger partial charge is 0.289 e. The molecule has 0 saturated carbocycles. The second-order valence-electron chi connectivity index (χ2n) is 5.99. The van der Waals surface area contributed by atoms with E-state index in [1.165, 1.54) is 0 Å². The first-order valence-electron chi connectivity index (χ1n) is 7.84. The zero-order chi connectivity index (χ0) is 14.9. The lowest BCUT2D eigenvalue weighted by Crippen LogP contribution is -2.41. The average Bonchev–Trinajstić information content (AvgIpc) is 2.88. The fourth-order valence-corrected chi connectivity index (χ4v) is 3.41. The molecule has 0 radical (unpaired) electrons. The summed E-state index contributed by atoms with van der Waals surface area (Å²) in [5, 5.41) is 0. The fourth-order valence-electron chi connectivity index (χ4n) is 3.41. The van der Waals surface area contributed by atoms with Gasteiger partial charge >= 0.3 is 0 Å². The zero-order valence-electron chi connectivity index (χ0n) is 12.4. The number of hydrogen-bond donors (Lipinski definition) is 0. The highest BCUT2D eigenvalue weighted by atomic mass is 16.3. The summed E-state index contributed by atoms with van der Waals surface area (Å²) in [5.41, 5.74) is 1.68. The zero-order valence-corrected chi connectivity index (χ0v) is 12.4. The molecule has 3 aliphatic heterocycles. The summed E-state index contributed by atoms with van der Waals surface area (Å²) in [6.07, 6.45) is 5.50. The number of carbonyl (C=O) groups excluding carboxylic acids is 1. The number of fused-ring (bicyclic) bond motifs is 4. The molecule has 0 spiro atoms. The quantitative estimate of drug-likeness (QED) is 0.853. The van der Waals surface area contributed by atoms with Gasteiger partial charge in [0, 0.05) is 44.0 Å². The number of pyridine rings is 1. The third-order valence-corrected chi connectivity index (χ3v) is 4.69. The lowest BCUT2D eigenvalue weighted by Gasteiger charge is -2.30. The molecule has 0 atom stereocenters. The van der Waals surface area contributed by atoms with E-state index in [4.69, 9.17) is 4.42 Å². The van der Waals surface area contributed by atoms with E-state index in [1.807, 2.05) is 29.2 Å². The van der Waals surface area contributed by atoms with Gasteiger partial charge in [-0.25, -0.2) is 0 Å². The van der Waals surface area contributed by atoms with E-state index < -0.39 is 0 Å². The number of carbonyl (C=O) groups is 1. The molecule has 2 bridgehead atoms. The molecule has 0 aromatic carbocycles. The summed E-state index contributed by atoms with van der Waals surface area (Å²) in [5.74, 6) is 0.428. The molecule has 5 nitrogen and oxygen atoms in total. The number of piperidine rings is 1. The Labute approximate surface area is 129 Å². The van der Waals surface area contributed by atoms with Crippen LogP contribution in [0.1, 0.15) is 23.4 Å². The summed E-state index contributed by atoms with van der Waals surface area (Å²) >= 11 is 0. The number of rotatable bonds is 2. The van der Waals surface area contributed by atoms with Gasteiger partial charge in [0.05, 0.1) is 5.69 Å². The van der Waals surface area contributed by atoms with Gasteiger partial charge in [0.1, 0.15) is 6.26 Å². The second kappa shape index (κ2) is 5.57.